The number of para-hydroxylation sites is 1. The fraction of sp³-hybridized carbons (Fsp3) is 0.267. The summed E-state index contributed by atoms with van der Waals surface area (Å²) in [7, 11) is 3.10. The molecule has 0 bridgehead atoms. The van der Waals surface area contributed by atoms with Crippen LogP contribution < -0.4 is 20.5 Å². The Morgan fingerprint density at radius 1 is 1.35 bits per heavy atom. The highest BCUT2D eigenvalue weighted by Gasteiger charge is 2.34. The molecule has 23 heavy (non-hydrogen) atoms. The van der Waals surface area contributed by atoms with Crippen molar-refractivity contribution in [2.45, 2.75) is 13.0 Å². The quantitative estimate of drug-likeness (QED) is 0.874. The fourth-order valence-corrected chi connectivity index (χ4v) is 2.82. The summed E-state index contributed by atoms with van der Waals surface area (Å²) in [5.74, 6) is 1.08. The maximum absolute atomic E-state index is 12.0. The fourth-order valence-electron chi connectivity index (χ4n) is 2.82. The van der Waals surface area contributed by atoms with Crippen LogP contribution in [-0.2, 0) is 4.79 Å². The van der Waals surface area contributed by atoms with E-state index in [1.54, 1.807) is 31.9 Å². The molecule has 0 radical (unpaired) electrons. The van der Waals surface area contributed by atoms with Crippen LogP contribution in [0.4, 0.5) is 5.95 Å². The number of benzene rings is 1. The minimum atomic E-state index is -0.545. The van der Waals surface area contributed by atoms with Crippen molar-refractivity contribution in [2.24, 2.45) is 5.73 Å². The van der Waals surface area contributed by atoms with Crippen LogP contribution in [0.2, 0.25) is 0 Å². The number of primary amides is 1. The SMILES string of the molecule is COc1cccc([C@H]2C(C(N)=O)=C(C)Nc3ncnn32)c1OC. The van der Waals surface area contributed by atoms with Gasteiger partial charge >= 0.3 is 0 Å². The average molecular weight is 315 g/mol. The molecule has 0 spiro atoms. The van der Waals surface area contributed by atoms with E-state index < -0.39 is 11.9 Å². The Morgan fingerprint density at radius 3 is 2.78 bits per heavy atom. The van der Waals surface area contributed by atoms with Gasteiger partial charge < -0.3 is 20.5 Å². The van der Waals surface area contributed by atoms with Gasteiger partial charge in [-0.15, -0.1) is 0 Å². The molecular weight excluding hydrogens is 298 g/mol. The summed E-state index contributed by atoms with van der Waals surface area (Å²) in [6, 6.07) is 4.91. The number of amides is 1. The van der Waals surface area contributed by atoms with Crippen LogP contribution in [0.3, 0.4) is 0 Å². The molecule has 8 heteroatoms. The summed E-state index contributed by atoms with van der Waals surface area (Å²) < 4.78 is 12.4. The van der Waals surface area contributed by atoms with Crippen molar-refractivity contribution in [2.75, 3.05) is 19.5 Å². The van der Waals surface area contributed by atoms with Crippen molar-refractivity contribution >= 4 is 11.9 Å². The second kappa shape index (κ2) is 5.64. The first-order valence-electron chi connectivity index (χ1n) is 6.96. The van der Waals surface area contributed by atoms with Gasteiger partial charge in [-0.3, -0.25) is 4.79 Å². The Morgan fingerprint density at radius 2 is 2.13 bits per heavy atom. The summed E-state index contributed by atoms with van der Waals surface area (Å²) in [4.78, 5) is 16.2. The normalized spacial score (nSPS) is 16.6. The van der Waals surface area contributed by atoms with Crippen LogP contribution in [0.5, 0.6) is 11.5 Å². The minimum absolute atomic E-state index is 0.398. The van der Waals surface area contributed by atoms with Gasteiger partial charge in [0.1, 0.15) is 12.4 Å². The van der Waals surface area contributed by atoms with Crippen LogP contribution in [0.1, 0.15) is 18.5 Å². The number of nitrogens with two attached hydrogens (primary N) is 1. The van der Waals surface area contributed by atoms with Gasteiger partial charge in [0.05, 0.1) is 19.8 Å². The van der Waals surface area contributed by atoms with E-state index in [1.165, 1.54) is 6.33 Å². The van der Waals surface area contributed by atoms with Gasteiger partial charge in [-0.05, 0) is 13.0 Å². The largest absolute Gasteiger partial charge is 0.493 e. The predicted octanol–water partition coefficient (Wildman–Crippen LogP) is 1.07. The van der Waals surface area contributed by atoms with Crippen molar-refractivity contribution in [1.82, 2.24) is 14.8 Å². The van der Waals surface area contributed by atoms with E-state index in [0.29, 0.717) is 34.3 Å². The smallest absolute Gasteiger partial charge is 0.248 e. The highest BCUT2D eigenvalue weighted by Crippen LogP contribution is 2.42. The molecule has 2 heterocycles. The van der Waals surface area contributed by atoms with E-state index in [4.69, 9.17) is 15.2 Å². The molecule has 1 aromatic heterocycles. The summed E-state index contributed by atoms with van der Waals surface area (Å²) in [5.41, 5.74) is 7.35. The number of aromatic nitrogens is 3. The molecule has 0 aliphatic carbocycles. The summed E-state index contributed by atoms with van der Waals surface area (Å²) in [6.45, 7) is 1.78. The Balaban J connectivity index is 2.27. The zero-order chi connectivity index (χ0) is 16.6. The van der Waals surface area contributed by atoms with Crippen LogP contribution in [0.15, 0.2) is 35.8 Å². The topological polar surface area (TPSA) is 104 Å². The lowest BCUT2D eigenvalue weighted by Gasteiger charge is -2.29. The number of rotatable bonds is 4. The zero-order valence-corrected chi connectivity index (χ0v) is 13.0. The first-order chi connectivity index (χ1) is 11.1. The second-order valence-corrected chi connectivity index (χ2v) is 5.04. The lowest BCUT2D eigenvalue weighted by molar-refractivity contribution is -0.115. The first-order valence-corrected chi connectivity index (χ1v) is 6.96. The predicted molar refractivity (Wildman–Crippen MR) is 83.2 cm³/mol. The number of allylic oxidation sites excluding steroid dienone is 1. The Bertz CT molecular complexity index is 796. The zero-order valence-electron chi connectivity index (χ0n) is 13.0. The van der Waals surface area contributed by atoms with E-state index in [-0.39, 0.29) is 0 Å². The Hall–Kier alpha value is -3.03. The maximum Gasteiger partial charge on any atom is 0.248 e. The molecule has 1 aromatic carbocycles. The number of methoxy groups -OCH3 is 2. The Labute approximate surface area is 132 Å². The number of hydrogen-bond acceptors (Lipinski definition) is 6. The molecule has 3 N–H and O–H groups in total. The molecule has 120 valence electrons. The molecule has 1 atom stereocenters. The van der Waals surface area contributed by atoms with Crippen molar-refractivity contribution in [3.8, 4) is 11.5 Å². The summed E-state index contributed by atoms with van der Waals surface area (Å²) >= 11 is 0. The third-order valence-electron chi connectivity index (χ3n) is 3.79. The highest BCUT2D eigenvalue weighted by atomic mass is 16.5. The maximum atomic E-state index is 12.0. The number of hydrogen-bond donors (Lipinski definition) is 2. The second-order valence-electron chi connectivity index (χ2n) is 5.04. The van der Waals surface area contributed by atoms with E-state index in [9.17, 15) is 4.79 Å². The molecule has 0 fully saturated rings. The van der Waals surface area contributed by atoms with Crippen molar-refractivity contribution < 1.29 is 14.3 Å². The molecule has 8 nitrogen and oxygen atoms in total. The Kier molecular flexibility index (Phi) is 3.65. The van der Waals surface area contributed by atoms with Crippen LogP contribution >= 0.6 is 0 Å². The molecule has 1 aliphatic rings. The molecule has 0 unspecified atom stereocenters. The van der Waals surface area contributed by atoms with Crippen molar-refractivity contribution in [3.05, 3.63) is 41.4 Å². The van der Waals surface area contributed by atoms with Crippen molar-refractivity contribution in [1.29, 1.82) is 0 Å². The van der Waals surface area contributed by atoms with E-state index >= 15 is 0 Å². The third kappa shape index (κ3) is 2.28. The van der Waals surface area contributed by atoms with Gasteiger partial charge in [0.2, 0.25) is 11.9 Å². The number of nitrogens with zero attached hydrogens (tertiary/aromatic N) is 3. The average Bonchev–Trinajstić information content (AvgIpc) is 3.00. The van der Waals surface area contributed by atoms with E-state index in [1.807, 2.05) is 12.1 Å². The van der Waals surface area contributed by atoms with Crippen LogP contribution in [0, 0.1) is 0 Å². The van der Waals surface area contributed by atoms with Crippen molar-refractivity contribution in [3.63, 3.8) is 0 Å². The molecule has 0 saturated heterocycles. The van der Waals surface area contributed by atoms with Gasteiger partial charge in [0.25, 0.3) is 0 Å². The van der Waals surface area contributed by atoms with Crippen LogP contribution in [-0.4, -0.2) is 34.9 Å². The molecule has 0 saturated carbocycles. The van der Waals surface area contributed by atoms with Gasteiger partial charge in [-0.25, -0.2) is 4.68 Å². The molecule has 3 rings (SSSR count). The van der Waals surface area contributed by atoms with Gasteiger partial charge in [-0.1, -0.05) is 12.1 Å². The molecule has 2 aromatic rings. The van der Waals surface area contributed by atoms with Gasteiger partial charge in [0.15, 0.2) is 11.5 Å². The van der Waals surface area contributed by atoms with Gasteiger partial charge in [0, 0.05) is 11.3 Å². The first kappa shape index (κ1) is 14.9. The van der Waals surface area contributed by atoms with Crippen LogP contribution in [0.25, 0.3) is 0 Å². The monoisotopic (exact) mass is 315 g/mol. The summed E-state index contributed by atoms with van der Waals surface area (Å²) in [5, 5.41) is 7.25. The standard InChI is InChI=1S/C15H17N5O3/c1-8-11(14(16)21)12(20-15(19-8)17-7-18-20)9-5-4-6-10(22-2)13(9)23-3/h4-7,12H,1-3H3,(H2,16,21)(H,17,18,19)/t12-/m0/s1. The van der Waals surface area contributed by atoms with E-state index in [0.717, 1.165) is 0 Å². The third-order valence-corrected chi connectivity index (χ3v) is 3.79. The number of fused-ring (bicyclic) bond motifs is 1. The summed E-state index contributed by atoms with van der Waals surface area (Å²) in [6.07, 6.45) is 1.42. The highest BCUT2D eigenvalue weighted by molar-refractivity contribution is 5.95. The number of anilines is 1. The molecular formula is C15H17N5O3. The molecule has 1 amide bonds. The lowest BCUT2D eigenvalue weighted by atomic mass is 9.94. The van der Waals surface area contributed by atoms with Gasteiger partial charge in [-0.2, -0.15) is 10.1 Å². The lowest BCUT2D eigenvalue weighted by Crippen LogP contribution is -2.32. The number of carbonyl (C=O) groups excluding carboxylic acids is 1. The number of ether oxygens (including phenoxy) is 2. The van der Waals surface area contributed by atoms with E-state index in [2.05, 4.69) is 15.4 Å². The number of carbonyl (C=O) groups is 1. The number of nitrogens with one attached hydrogen (secondary N) is 1. The minimum Gasteiger partial charge on any atom is -0.493 e. The molecule has 1 aliphatic heterocycles.